The molecule has 1 saturated carbocycles. The summed E-state index contributed by atoms with van der Waals surface area (Å²) in [7, 11) is 0. The summed E-state index contributed by atoms with van der Waals surface area (Å²) in [5.41, 5.74) is 0. The second kappa shape index (κ2) is 8.02. The minimum absolute atomic E-state index is 0.382. The number of hydrogen-bond donors (Lipinski definition) is 1. The highest BCUT2D eigenvalue weighted by Gasteiger charge is 2.29. The molecule has 2 atom stereocenters. The van der Waals surface area contributed by atoms with Gasteiger partial charge in [0, 0.05) is 19.6 Å². The van der Waals surface area contributed by atoms with Crippen molar-refractivity contribution >= 4 is 0 Å². The molecule has 1 saturated heterocycles. The van der Waals surface area contributed by atoms with E-state index in [4.69, 9.17) is 11.2 Å². The van der Waals surface area contributed by atoms with E-state index in [1.165, 1.54) is 32.2 Å². The molecule has 0 spiro atoms. The van der Waals surface area contributed by atoms with Gasteiger partial charge in [-0.25, -0.2) is 0 Å². The molecule has 2 fully saturated rings. The highest BCUT2D eigenvalue weighted by Crippen LogP contribution is 2.30. The maximum Gasteiger partial charge on any atom is 0.0707 e. The quantitative estimate of drug-likeness (QED) is 0.654. The van der Waals surface area contributed by atoms with Crippen LogP contribution in [-0.2, 0) is 4.74 Å². The zero-order chi connectivity index (χ0) is 14.4. The SMILES string of the molecule is C#CCN(CC1CC1)CC1CCC(CNCC(C)C)O1. The fourth-order valence-corrected chi connectivity index (χ4v) is 2.88. The van der Waals surface area contributed by atoms with Crippen LogP contribution in [0.4, 0.5) is 0 Å². The third-order valence-corrected chi connectivity index (χ3v) is 4.11. The van der Waals surface area contributed by atoms with Crippen molar-refractivity contribution in [3.05, 3.63) is 0 Å². The normalized spacial score (nSPS) is 26.4. The van der Waals surface area contributed by atoms with Crippen molar-refractivity contribution in [3.8, 4) is 12.3 Å². The Kier molecular flexibility index (Phi) is 6.35. The van der Waals surface area contributed by atoms with Crippen molar-refractivity contribution in [2.45, 2.75) is 51.7 Å². The molecule has 0 aromatic carbocycles. The molecule has 1 N–H and O–H groups in total. The van der Waals surface area contributed by atoms with Crippen molar-refractivity contribution in [2.75, 3.05) is 32.7 Å². The molecule has 2 unspecified atom stereocenters. The van der Waals surface area contributed by atoms with Gasteiger partial charge < -0.3 is 10.1 Å². The molecular formula is C17H30N2O. The standard InChI is InChI=1S/C17H30N2O/c1-4-9-19(12-15-5-6-15)13-17-8-7-16(20-17)11-18-10-14(2)3/h1,14-18H,5-13H2,2-3H3. The molecule has 20 heavy (non-hydrogen) atoms. The Morgan fingerprint density at radius 3 is 2.60 bits per heavy atom. The minimum atomic E-state index is 0.382. The van der Waals surface area contributed by atoms with Crippen LogP contribution >= 0.6 is 0 Å². The van der Waals surface area contributed by atoms with Crippen LogP contribution in [0, 0.1) is 24.2 Å². The summed E-state index contributed by atoms with van der Waals surface area (Å²) < 4.78 is 6.15. The second-order valence-electron chi connectivity index (χ2n) is 6.85. The number of nitrogens with one attached hydrogen (secondary N) is 1. The van der Waals surface area contributed by atoms with E-state index in [1.54, 1.807) is 0 Å². The van der Waals surface area contributed by atoms with E-state index >= 15 is 0 Å². The van der Waals surface area contributed by atoms with Crippen LogP contribution in [0.2, 0.25) is 0 Å². The summed E-state index contributed by atoms with van der Waals surface area (Å²) in [6, 6.07) is 0. The zero-order valence-corrected chi connectivity index (χ0v) is 13.1. The van der Waals surface area contributed by atoms with Crippen LogP contribution in [0.25, 0.3) is 0 Å². The van der Waals surface area contributed by atoms with Crippen molar-refractivity contribution in [2.24, 2.45) is 11.8 Å². The number of rotatable bonds is 9. The van der Waals surface area contributed by atoms with E-state index < -0.39 is 0 Å². The predicted octanol–water partition coefficient (Wildman–Crippen LogP) is 2.12. The first-order valence-corrected chi connectivity index (χ1v) is 8.19. The summed E-state index contributed by atoms with van der Waals surface area (Å²) in [5.74, 6) is 4.39. The molecule has 2 aliphatic rings. The van der Waals surface area contributed by atoms with Gasteiger partial charge in [-0.15, -0.1) is 6.42 Å². The molecule has 1 heterocycles. The first-order chi connectivity index (χ1) is 9.67. The van der Waals surface area contributed by atoms with Gasteiger partial charge in [0.05, 0.1) is 18.8 Å². The molecule has 0 aromatic rings. The number of terminal acetylenes is 1. The summed E-state index contributed by atoms with van der Waals surface area (Å²) >= 11 is 0. The maximum atomic E-state index is 6.15. The first kappa shape index (κ1) is 15.8. The Labute approximate surface area is 124 Å². The van der Waals surface area contributed by atoms with Crippen LogP contribution in [0.15, 0.2) is 0 Å². The molecular weight excluding hydrogens is 248 g/mol. The summed E-state index contributed by atoms with van der Waals surface area (Å²) in [6.45, 7) is 9.50. The topological polar surface area (TPSA) is 24.5 Å². The van der Waals surface area contributed by atoms with E-state index in [-0.39, 0.29) is 0 Å². The monoisotopic (exact) mass is 278 g/mol. The number of ether oxygens (including phenoxy) is 1. The Hall–Kier alpha value is -0.560. The fraction of sp³-hybridized carbons (Fsp3) is 0.882. The van der Waals surface area contributed by atoms with Crippen molar-refractivity contribution < 1.29 is 4.74 Å². The number of hydrogen-bond acceptors (Lipinski definition) is 3. The molecule has 0 aromatic heterocycles. The van der Waals surface area contributed by atoms with Gasteiger partial charge in [-0.2, -0.15) is 0 Å². The van der Waals surface area contributed by atoms with E-state index in [0.717, 1.165) is 32.1 Å². The average molecular weight is 278 g/mol. The molecule has 0 amide bonds. The van der Waals surface area contributed by atoms with Crippen LogP contribution in [0.1, 0.15) is 39.5 Å². The van der Waals surface area contributed by atoms with E-state index in [1.807, 2.05) is 0 Å². The third-order valence-electron chi connectivity index (χ3n) is 4.11. The van der Waals surface area contributed by atoms with Crippen LogP contribution in [-0.4, -0.2) is 49.8 Å². The van der Waals surface area contributed by atoms with Gasteiger partial charge in [0.2, 0.25) is 0 Å². The molecule has 1 aliphatic heterocycles. The molecule has 0 radical (unpaired) electrons. The highest BCUT2D eigenvalue weighted by molar-refractivity contribution is 4.91. The van der Waals surface area contributed by atoms with Crippen LogP contribution in [0.5, 0.6) is 0 Å². The lowest BCUT2D eigenvalue weighted by atomic mass is 10.1. The van der Waals surface area contributed by atoms with Gasteiger partial charge in [0.1, 0.15) is 0 Å². The lowest BCUT2D eigenvalue weighted by Gasteiger charge is -2.23. The van der Waals surface area contributed by atoms with Crippen LogP contribution < -0.4 is 5.32 Å². The Morgan fingerprint density at radius 1 is 1.20 bits per heavy atom. The Bertz CT molecular complexity index is 319. The van der Waals surface area contributed by atoms with Gasteiger partial charge >= 0.3 is 0 Å². The van der Waals surface area contributed by atoms with Crippen LogP contribution in [0.3, 0.4) is 0 Å². The van der Waals surface area contributed by atoms with Gasteiger partial charge in [-0.05, 0) is 44.1 Å². The van der Waals surface area contributed by atoms with Crippen molar-refractivity contribution in [3.63, 3.8) is 0 Å². The average Bonchev–Trinajstić information content (AvgIpc) is 3.09. The lowest BCUT2D eigenvalue weighted by molar-refractivity contribution is 0.0248. The third kappa shape index (κ3) is 5.83. The minimum Gasteiger partial charge on any atom is -0.372 e. The smallest absolute Gasteiger partial charge is 0.0707 e. The highest BCUT2D eigenvalue weighted by atomic mass is 16.5. The van der Waals surface area contributed by atoms with E-state index in [9.17, 15) is 0 Å². The number of nitrogens with zero attached hydrogens (tertiary/aromatic N) is 1. The van der Waals surface area contributed by atoms with E-state index in [2.05, 4.69) is 30.0 Å². The molecule has 1 aliphatic carbocycles. The van der Waals surface area contributed by atoms with Gasteiger partial charge in [0.15, 0.2) is 0 Å². The van der Waals surface area contributed by atoms with Crippen molar-refractivity contribution in [1.82, 2.24) is 10.2 Å². The fourth-order valence-electron chi connectivity index (χ4n) is 2.88. The Balaban J connectivity index is 1.64. The summed E-state index contributed by atoms with van der Waals surface area (Å²) in [6.07, 6.45) is 11.4. The Morgan fingerprint density at radius 2 is 1.95 bits per heavy atom. The molecule has 0 bridgehead atoms. The summed E-state index contributed by atoms with van der Waals surface area (Å²) in [4.78, 5) is 2.41. The molecule has 2 rings (SSSR count). The summed E-state index contributed by atoms with van der Waals surface area (Å²) in [5, 5.41) is 3.50. The van der Waals surface area contributed by atoms with Gasteiger partial charge in [-0.3, -0.25) is 4.90 Å². The lowest BCUT2D eigenvalue weighted by Crippen LogP contribution is -2.36. The molecule has 3 heteroatoms. The van der Waals surface area contributed by atoms with Gasteiger partial charge in [-0.1, -0.05) is 19.8 Å². The van der Waals surface area contributed by atoms with Crippen molar-refractivity contribution in [1.29, 1.82) is 0 Å². The van der Waals surface area contributed by atoms with Gasteiger partial charge in [0.25, 0.3) is 0 Å². The zero-order valence-electron chi connectivity index (χ0n) is 13.1. The first-order valence-electron chi connectivity index (χ1n) is 8.19. The maximum absolute atomic E-state index is 6.15. The molecule has 114 valence electrons. The molecule has 3 nitrogen and oxygen atoms in total. The predicted molar refractivity (Wildman–Crippen MR) is 83.6 cm³/mol. The largest absolute Gasteiger partial charge is 0.372 e. The second-order valence-corrected chi connectivity index (χ2v) is 6.85. The van der Waals surface area contributed by atoms with E-state index in [0.29, 0.717) is 18.1 Å².